The zero-order valence-corrected chi connectivity index (χ0v) is 13.7. The maximum atomic E-state index is 12.6. The highest BCUT2D eigenvalue weighted by Gasteiger charge is 2.18. The quantitative estimate of drug-likeness (QED) is 0.504. The van der Waals surface area contributed by atoms with Crippen LogP contribution in [0.1, 0.15) is 0 Å². The third kappa shape index (κ3) is 3.58. The number of para-hydroxylation sites is 1. The van der Waals surface area contributed by atoms with E-state index in [1.807, 2.05) is 0 Å². The number of rotatable bonds is 4. The lowest BCUT2D eigenvalue weighted by atomic mass is 10.2. The van der Waals surface area contributed by atoms with Crippen molar-refractivity contribution in [3.63, 3.8) is 0 Å². The Bertz CT molecular complexity index is 1000. The highest BCUT2D eigenvalue weighted by molar-refractivity contribution is 7.92. The number of nitrogens with one attached hydrogen (secondary N) is 1. The van der Waals surface area contributed by atoms with Gasteiger partial charge < -0.3 is 17.2 Å². The molecule has 0 spiro atoms. The molecular weight excluding hydrogens is 342 g/mol. The number of nitrogen functional groups attached to an aromatic ring is 3. The second kappa shape index (κ2) is 6.24. The maximum Gasteiger partial charge on any atom is 0.261 e. The average molecular weight is 357 g/mol. The van der Waals surface area contributed by atoms with E-state index in [-0.39, 0.29) is 28.3 Å². The van der Waals surface area contributed by atoms with Gasteiger partial charge in [0.2, 0.25) is 11.9 Å². The molecule has 0 aliphatic carbocycles. The molecule has 0 amide bonds. The van der Waals surface area contributed by atoms with Gasteiger partial charge in [0.1, 0.15) is 0 Å². The van der Waals surface area contributed by atoms with E-state index in [1.54, 1.807) is 24.3 Å². The van der Waals surface area contributed by atoms with Crippen molar-refractivity contribution in [3.05, 3.63) is 48.5 Å². The summed E-state index contributed by atoms with van der Waals surface area (Å²) in [6.45, 7) is 0. The van der Waals surface area contributed by atoms with Crippen molar-refractivity contribution in [3.8, 4) is 11.4 Å². The van der Waals surface area contributed by atoms with Gasteiger partial charge in [-0.2, -0.15) is 15.0 Å². The van der Waals surface area contributed by atoms with Gasteiger partial charge in [-0.05, 0) is 36.4 Å². The highest BCUT2D eigenvalue weighted by atomic mass is 32.2. The first kappa shape index (κ1) is 16.5. The van der Waals surface area contributed by atoms with Gasteiger partial charge >= 0.3 is 0 Å². The molecule has 9 nitrogen and oxygen atoms in total. The van der Waals surface area contributed by atoms with Crippen LogP contribution in [0.25, 0.3) is 11.4 Å². The monoisotopic (exact) mass is 357 g/mol. The minimum absolute atomic E-state index is 0.0568. The molecule has 0 saturated heterocycles. The molecule has 3 rings (SSSR count). The summed E-state index contributed by atoms with van der Waals surface area (Å²) < 4.78 is 27.7. The third-order valence-corrected chi connectivity index (χ3v) is 4.65. The largest absolute Gasteiger partial charge is 0.399 e. The second-order valence-corrected chi connectivity index (χ2v) is 6.78. The first-order valence-electron chi connectivity index (χ1n) is 7.10. The number of aromatic nitrogens is 3. The molecule has 0 atom stereocenters. The summed E-state index contributed by atoms with van der Waals surface area (Å²) in [4.78, 5) is 11.8. The van der Waals surface area contributed by atoms with Crippen LogP contribution in [0.4, 0.5) is 23.3 Å². The third-order valence-electron chi connectivity index (χ3n) is 3.27. The SMILES string of the molecule is Nc1ccc(S(=O)(=O)Nc2ccccc2-c2nc(N)nc(N)n2)cc1. The molecule has 1 aromatic heterocycles. The Morgan fingerprint density at radius 1 is 0.800 bits per heavy atom. The van der Waals surface area contributed by atoms with E-state index >= 15 is 0 Å². The van der Waals surface area contributed by atoms with Crippen LogP contribution in [0.3, 0.4) is 0 Å². The number of sulfonamides is 1. The van der Waals surface area contributed by atoms with Crippen LogP contribution in [-0.4, -0.2) is 23.4 Å². The van der Waals surface area contributed by atoms with Gasteiger partial charge in [-0.1, -0.05) is 12.1 Å². The molecule has 2 aromatic carbocycles. The summed E-state index contributed by atoms with van der Waals surface area (Å²) in [6, 6.07) is 12.5. The lowest BCUT2D eigenvalue weighted by Gasteiger charge is -2.12. The van der Waals surface area contributed by atoms with Crippen LogP contribution >= 0.6 is 0 Å². The van der Waals surface area contributed by atoms with Crippen molar-refractivity contribution >= 4 is 33.3 Å². The molecule has 0 aliphatic heterocycles. The maximum absolute atomic E-state index is 12.6. The van der Waals surface area contributed by atoms with Gasteiger partial charge in [-0.3, -0.25) is 4.72 Å². The smallest absolute Gasteiger partial charge is 0.261 e. The fourth-order valence-corrected chi connectivity index (χ4v) is 3.23. The number of nitrogens with two attached hydrogens (primary N) is 3. The average Bonchev–Trinajstić information content (AvgIpc) is 2.54. The predicted octanol–water partition coefficient (Wildman–Crippen LogP) is 1.09. The Balaban J connectivity index is 2.03. The number of nitrogens with zero attached hydrogens (tertiary/aromatic N) is 3. The van der Waals surface area contributed by atoms with Crippen LogP contribution in [0, 0.1) is 0 Å². The molecule has 0 radical (unpaired) electrons. The second-order valence-electron chi connectivity index (χ2n) is 5.10. The van der Waals surface area contributed by atoms with Crippen LogP contribution in [0.2, 0.25) is 0 Å². The lowest BCUT2D eigenvalue weighted by Crippen LogP contribution is -2.14. The molecule has 1 heterocycles. The number of benzene rings is 2. The van der Waals surface area contributed by atoms with Gasteiger partial charge in [-0.15, -0.1) is 0 Å². The highest BCUT2D eigenvalue weighted by Crippen LogP contribution is 2.28. The van der Waals surface area contributed by atoms with Crippen molar-refractivity contribution in [2.45, 2.75) is 4.90 Å². The molecule has 7 N–H and O–H groups in total. The molecule has 0 unspecified atom stereocenters. The van der Waals surface area contributed by atoms with Crippen molar-refractivity contribution in [2.24, 2.45) is 0 Å². The van der Waals surface area contributed by atoms with Gasteiger partial charge in [-0.25, -0.2) is 8.42 Å². The van der Waals surface area contributed by atoms with Crippen molar-refractivity contribution in [2.75, 3.05) is 21.9 Å². The van der Waals surface area contributed by atoms with E-state index in [4.69, 9.17) is 17.2 Å². The first-order valence-corrected chi connectivity index (χ1v) is 8.58. The summed E-state index contributed by atoms with van der Waals surface area (Å²) >= 11 is 0. The summed E-state index contributed by atoms with van der Waals surface area (Å²) in [5.74, 6) is 0.0537. The number of hydrogen-bond acceptors (Lipinski definition) is 8. The van der Waals surface area contributed by atoms with Crippen molar-refractivity contribution < 1.29 is 8.42 Å². The zero-order valence-electron chi connectivity index (χ0n) is 12.9. The number of anilines is 4. The Kier molecular flexibility index (Phi) is 4.11. The molecule has 0 fully saturated rings. The van der Waals surface area contributed by atoms with Crippen LogP contribution in [0.15, 0.2) is 53.4 Å². The van der Waals surface area contributed by atoms with Crippen molar-refractivity contribution in [1.82, 2.24) is 15.0 Å². The summed E-state index contributed by atoms with van der Waals surface area (Å²) in [5.41, 5.74) is 17.9. The van der Waals surface area contributed by atoms with Crippen LogP contribution in [-0.2, 0) is 10.0 Å². The molecule has 0 bridgehead atoms. The van der Waals surface area contributed by atoms with Gasteiger partial charge in [0.05, 0.1) is 10.6 Å². The fraction of sp³-hybridized carbons (Fsp3) is 0. The Morgan fingerprint density at radius 2 is 1.40 bits per heavy atom. The Morgan fingerprint density at radius 3 is 2.04 bits per heavy atom. The molecule has 0 saturated carbocycles. The van der Waals surface area contributed by atoms with E-state index in [0.29, 0.717) is 11.3 Å². The fourth-order valence-electron chi connectivity index (χ4n) is 2.15. The number of hydrogen-bond donors (Lipinski definition) is 4. The minimum atomic E-state index is -3.82. The van der Waals surface area contributed by atoms with Crippen LogP contribution in [0.5, 0.6) is 0 Å². The van der Waals surface area contributed by atoms with Gasteiger partial charge in [0.15, 0.2) is 5.82 Å². The molecule has 3 aromatic rings. The van der Waals surface area contributed by atoms with E-state index < -0.39 is 10.0 Å². The van der Waals surface area contributed by atoms with E-state index in [0.717, 1.165) is 0 Å². The molecular formula is C15H15N7O2S. The predicted molar refractivity (Wildman–Crippen MR) is 95.8 cm³/mol. The molecule has 128 valence electrons. The van der Waals surface area contributed by atoms with E-state index in [1.165, 1.54) is 24.3 Å². The Hall–Kier alpha value is -3.40. The minimum Gasteiger partial charge on any atom is -0.399 e. The summed E-state index contributed by atoms with van der Waals surface area (Å²) in [5, 5.41) is 0. The molecule has 25 heavy (non-hydrogen) atoms. The summed E-state index contributed by atoms with van der Waals surface area (Å²) in [7, 11) is -3.82. The van der Waals surface area contributed by atoms with Crippen LogP contribution < -0.4 is 21.9 Å². The molecule has 0 aliphatic rings. The first-order chi connectivity index (χ1) is 11.8. The van der Waals surface area contributed by atoms with Gasteiger partial charge in [0, 0.05) is 11.3 Å². The van der Waals surface area contributed by atoms with E-state index in [9.17, 15) is 8.42 Å². The molecule has 10 heteroatoms. The summed E-state index contributed by atoms with van der Waals surface area (Å²) in [6.07, 6.45) is 0. The standard InChI is InChI=1S/C15H15N7O2S/c16-9-5-7-10(8-6-9)25(23,24)22-12-4-2-1-3-11(12)13-19-14(17)21-15(18)20-13/h1-8,22H,16H2,(H4,17,18,19,20,21). The zero-order chi connectivity index (χ0) is 18.0. The lowest BCUT2D eigenvalue weighted by molar-refractivity contribution is 0.601. The van der Waals surface area contributed by atoms with Crippen molar-refractivity contribution in [1.29, 1.82) is 0 Å². The Labute approximate surface area is 144 Å². The van der Waals surface area contributed by atoms with E-state index in [2.05, 4.69) is 19.7 Å². The van der Waals surface area contributed by atoms with Gasteiger partial charge in [0.25, 0.3) is 10.0 Å². The normalized spacial score (nSPS) is 11.2. The topological polar surface area (TPSA) is 163 Å².